The van der Waals surface area contributed by atoms with Crippen LogP contribution < -0.4 is 4.74 Å². The van der Waals surface area contributed by atoms with Crippen LogP contribution in [0.3, 0.4) is 0 Å². The molecular weight excluding hydrogens is 354 g/mol. The molecule has 2 rings (SSSR count). The molecule has 8 heteroatoms. The van der Waals surface area contributed by atoms with Gasteiger partial charge >= 0.3 is 6.16 Å². The average Bonchev–Trinajstić information content (AvgIpc) is 3.08. The number of ether oxygens (including phenoxy) is 3. The van der Waals surface area contributed by atoms with E-state index in [0.717, 1.165) is 42.4 Å². The van der Waals surface area contributed by atoms with Crippen LogP contribution in [0.5, 0.6) is 5.88 Å². The number of aromatic nitrogens is 2. The van der Waals surface area contributed by atoms with Crippen molar-refractivity contribution in [3.63, 3.8) is 0 Å². The van der Waals surface area contributed by atoms with E-state index in [4.69, 9.17) is 14.2 Å². The van der Waals surface area contributed by atoms with Gasteiger partial charge in [-0.1, -0.05) is 32.3 Å². The van der Waals surface area contributed by atoms with Gasteiger partial charge in [-0.3, -0.25) is 4.90 Å². The maximum atomic E-state index is 11.5. The first-order valence-electron chi connectivity index (χ1n) is 9.30. The van der Waals surface area contributed by atoms with Crippen LogP contribution >= 0.6 is 11.7 Å². The smallest absolute Gasteiger partial charge is 0.475 e. The molecule has 146 valence electrons. The van der Waals surface area contributed by atoms with Crippen LogP contribution in [-0.2, 0) is 9.47 Å². The molecule has 0 saturated heterocycles. The monoisotopic (exact) mass is 383 g/mol. The molecule has 0 unspecified atom stereocenters. The van der Waals surface area contributed by atoms with Crippen molar-refractivity contribution in [2.24, 2.45) is 0 Å². The zero-order valence-electron chi connectivity index (χ0n) is 15.9. The van der Waals surface area contributed by atoms with E-state index >= 15 is 0 Å². The minimum absolute atomic E-state index is 0.183. The molecule has 0 saturated carbocycles. The van der Waals surface area contributed by atoms with Gasteiger partial charge in [-0.25, -0.2) is 4.79 Å². The van der Waals surface area contributed by atoms with Gasteiger partial charge in [-0.15, -0.1) is 4.37 Å². The summed E-state index contributed by atoms with van der Waals surface area (Å²) in [5.41, 5.74) is 1.87. The van der Waals surface area contributed by atoms with Gasteiger partial charge in [-0.05, 0) is 32.3 Å². The molecule has 0 aliphatic carbocycles. The van der Waals surface area contributed by atoms with Gasteiger partial charge in [0.25, 0.3) is 5.88 Å². The molecule has 1 aromatic heterocycles. The molecule has 0 radical (unpaired) electrons. The maximum Gasteiger partial charge on any atom is 0.509 e. The summed E-state index contributed by atoms with van der Waals surface area (Å²) in [5, 5.41) is 0. The fourth-order valence-corrected chi connectivity index (χ4v) is 3.16. The quantitative estimate of drug-likeness (QED) is 0.445. The van der Waals surface area contributed by atoms with E-state index in [-0.39, 0.29) is 12.8 Å². The Morgan fingerprint density at radius 2 is 2.15 bits per heavy atom. The Balaban J connectivity index is 1.83. The second-order valence-corrected chi connectivity index (χ2v) is 7.12. The number of rotatable bonds is 10. The van der Waals surface area contributed by atoms with Crippen molar-refractivity contribution in [1.29, 1.82) is 0 Å². The van der Waals surface area contributed by atoms with E-state index in [1.807, 2.05) is 4.90 Å². The molecule has 7 nitrogen and oxygen atoms in total. The third-order valence-corrected chi connectivity index (χ3v) is 4.44. The average molecular weight is 384 g/mol. The van der Waals surface area contributed by atoms with Gasteiger partial charge in [0.15, 0.2) is 0 Å². The fourth-order valence-electron chi connectivity index (χ4n) is 2.63. The highest BCUT2D eigenvalue weighted by atomic mass is 32.1. The van der Waals surface area contributed by atoms with E-state index < -0.39 is 6.16 Å². The Morgan fingerprint density at radius 3 is 2.92 bits per heavy atom. The summed E-state index contributed by atoms with van der Waals surface area (Å²) < 4.78 is 24.7. The highest BCUT2D eigenvalue weighted by Gasteiger charge is 2.21. The number of carbonyl (C=O) groups excluding carboxylic acids is 1. The van der Waals surface area contributed by atoms with E-state index in [9.17, 15) is 4.79 Å². The lowest BCUT2D eigenvalue weighted by Crippen LogP contribution is -2.33. The van der Waals surface area contributed by atoms with Gasteiger partial charge in [0.05, 0.1) is 24.4 Å². The summed E-state index contributed by atoms with van der Waals surface area (Å²) >= 11 is 1.16. The van der Waals surface area contributed by atoms with Gasteiger partial charge in [0.1, 0.15) is 12.4 Å². The molecule has 26 heavy (non-hydrogen) atoms. The van der Waals surface area contributed by atoms with Crippen molar-refractivity contribution in [2.45, 2.75) is 59.0 Å². The molecular formula is C18H29N3O4S. The van der Waals surface area contributed by atoms with Crippen LogP contribution in [0.15, 0.2) is 6.08 Å². The second-order valence-electron chi connectivity index (χ2n) is 6.59. The third-order valence-electron chi connectivity index (χ3n) is 3.93. The molecule has 0 atom stereocenters. The Bertz CT molecular complexity index is 589. The fraction of sp³-hybridized carbons (Fsp3) is 0.722. The van der Waals surface area contributed by atoms with E-state index in [0.29, 0.717) is 19.0 Å². The Hall–Kier alpha value is -1.67. The molecule has 0 spiro atoms. The lowest BCUT2D eigenvalue weighted by Gasteiger charge is -2.26. The first-order chi connectivity index (χ1) is 12.6. The molecule has 0 amide bonds. The van der Waals surface area contributed by atoms with Gasteiger partial charge in [0.2, 0.25) is 0 Å². The maximum absolute atomic E-state index is 11.5. The largest absolute Gasteiger partial charge is 0.509 e. The summed E-state index contributed by atoms with van der Waals surface area (Å²) in [4.78, 5) is 13.6. The number of hydrogen-bond acceptors (Lipinski definition) is 8. The summed E-state index contributed by atoms with van der Waals surface area (Å²) in [5.74, 6) is 0.611. The molecule has 0 bridgehead atoms. The Kier molecular flexibility index (Phi) is 8.84. The van der Waals surface area contributed by atoms with E-state index in [2.05, 4.69) is 21.7 Å². The first kappa shape index (κ1) is 20.6. The number of unbranched alkanes of at least 4 members (excludes halogenated alkanes) is 3. The highest BCUT2D eigenvalue weighted by Crippen LogP contribution is 2.27. The molecule has 0 fully saturated rings. The zero-order valence-corrected chi connectivity index (χ0v) is 16.7. The summed E-state index contributed by atoms with van der Waals surface area (Å²) in [7, 11) is 0. The SMILES string of the molecule is CCCCCCOc1nsnc1C1=CCCN(COC(=O)OC(C)C)C1. The van der Waals surface area contributed by atoms with Crippen molar-refractivity contribution in [2.75, 3.05) is 26.4 Å². The highest BCUT2D eigenvalue weighted by molar-refractivity contribution is 6.99. The minimum Gasteiger partial charge on any atom is -0.475 e. The van der Waals surface area contributed by atoms with Gasteiger partial charge < -0.3 is 14.2 Å². The molecule has 0 N–H and O–H groups in total. The Labute approximate surface area is 159 Å². The molecule has 1 aromatic rings. The predicted molar refractivity (Wildman–Crippen MR) is 101 cm³/mol. The van der Waals surface area contributed by atoms with E-state index in [1.165, 1.54) is 19.3 Å². The standard InChI is InChI=1S/C18H29N3O4S/c1-4-5-6-7-11-23-17-16(19-26-20-17)15-9-8-10-21(12-15)13-24-18(22)25-14(2)3/h9,14H,4-8,10-13H2,1-3H3. The van der Waals surface area contributed by atoms with Gasteiger partial charge in [0, 0.05) is 13.1 Å². The van der Waals surface area contributed by atoms with E-state index in [1.54, 1.807) is 13.8 Å². The summed E-state index contributed by atoms with van der Waals surface area (Å²) in [6.07, 6.45) is 6.84. The van der Waals surface area contributed by atoms with Crippen molar-refractivity contribution < 1.29 is 19.0 Å². The third kappa shape index (κ3) is 6.92. The molecule has 1 aliphatic rings. The second kappa shape index (κ2) is 11.1. The topological polar surface area (TPSA) is 73.8 Å². The van der Waals surface area contributed by atoms with Crippen LogP contribution in [-0.4, -0.2) is 52.3 Å². The predicted octanol–water partition coefficient (Wildman–Crippen LogP) is 4.11. The normalized spacial score (nSPS) is 15.0. The van der Waals surface area contributed by atoms with Crippen molar-refractivity contribution in [1.82, 2.24) is 13.6 Å². The van der Waals surface area contributed by atoms with Crippen molar-refractivity contribution in [3.8, 4) is 5.88 Å². The van der Waals surface area contributed by atoms with Crippen LogP contribution in [0.2, 0.25) is 0 Å². The summed E-state index contributed by atoms with van der Waals surface area (Å²) in [6.45, 7) is 8.12. The van der Waals surface area contributed by atoms with Crippen LogP contribution in [0, 0.1) is 0 Å². The lowest BCUT2D eigenvalue weighted by molar-refractivity contribution is 0.00204. The van der Waals surface area contributed by atoms with Crippen LogP contribution in [0.25, 0.3) is 5.57 Å². The molecule has 1 aliphatic heterocycles. The molecule has 0 aromatic carbocycles. The Morgan fingerprint density at radius 1 is 1.31 bits per heavy atom. The number of carbonyl (C=O) groups is 1. The van der Waals surface area contributed by atoms with Crippen molar-refractivity contribution in [3.05, 3.63) is 11.8 Å². The molecule has 2 heterocycles. The number of hydrogen-bond donors (Lipinski definition) is 0. The van der Waals surface area contributed by atoms with Crippen LogP contribution in [0.1, 0.15) is 58.6 Å². The lowest BCUT2D eigenvalue weighted by atomic mass is 10.1. The van der Waals surface area contributed by atoms with Gasteiger partial charge in [-0.2, -0.15) is 4.37 Å². The summed E-state index contributed by atoms with van der Waals surface area (Å²) in [6, 6.07) is 0. The zero-order chi connectivity index (χ0) is 18.8. The first-order valence-corrected chi connectivity index (χ1v) is 10.0. The minimum atomic E-state index is -0.637. The van der Waals surface area contributed by atoms with Crippen molar-refractivity contribution >= 4 is 23.5 Å². The van der Waals surface area contributed by atoms with Crippen LogP contribution in [0.4, 0.5) is 4.79 Å². The number of nitrogens with zero attached hydrogens (tertiary/aromatic N) is 3.